The molecule has 1 atom stereocenters. The molecule has 0 fully saturated rings. The van der Waals surface area contributed by atoms with Crippen molar-refractivity contribution < 1.29 is 9.90 Å². The van der Waals surface area contributed by atoms with Gasteiger partial charge in [-0.25, -0.2) is 0 Å². The molecule has 1 aliphatic carbocycles. The largest absolute Gasteiger partial charge is 0.508 e. The van der Waals surface area contributed by atoms with Crippen molar-refractivity contribution in [2.24, 2.45) is 0 Å². The van der Waals surface area contributed by atoms with Gasteiger partial charge in [0.25, 0.3) is 0 Å². The number of nitrogens with one attached hydrogen (secondary N) is 2. The maximum absolute atomic E-state index is 11.1. The topological polar surface area (TPSA) is 65.1 Å². The molecule has 4 nitrogen and oxygen atoms in total. The minimum absolute atomic E-state index is 0.0272. The first-order chi connectivity index (χ1) is 8.15. The van der Waals surface area contributed by atoms with Gasteiger partial charge < -0.3 is 15.4 Å². The molecule has 0 radical (unpaired) electrons. The highest BCUT2D eigenvalue weighted by Gasteiger charge is 2.24. The van der Waals surface area contributed by atoms with Crippen molar-refractivity contribution in [3.05, 3.63) is 29.5 Å². The summed E-state index contributed by atoms with van der Waals surface area (Å²) < 4.78 is 0. The highest BCUT2D eigenvalue weighted by Crippen LogP contribution is 2.34. The smallest absolute Gasteiger partial charge is 0.217 e. The first-order valence-electron chi connectivity index (χ1n) is 5.73. The van der Waals surface area contributed by atoms with Gasteiger partial charge in [-0.1, -0.05) is 0 Å². The predicted molar refractivity (Wildman–Crippen MR) is 65.0 cm³/mol. The van der Waals surface area contributed by atoms with Gasteiger partial charge in [-0.2, -0.15) is 0 Å². The molecule has 3 rings (SSSR count). The summed E-state index contributed by atoms with van der Waals surface area (Å²) in [5.41, 5.74) is 3.15. The molecule has 0 aliphatic heterocycles. The van der Waals surface area contributed by atoms with Gasteiger partial charge in [-0.3, -0.25) is 4.79 Å². The van der Waals surface area contributed by atoms with Gasteiger partial charge in [0.05, 0.1) is 0 Å². The number of phenols is 1. The van der Waals surface area contributed by atoms with E-state index in [-0.39, 0.29) is 11.9 Å². The quantitative estimate of drug-likeness (QED) is 0.694. The molecule has 0 bridgehead atoms. The summed E-state index contributed by atoms with van der Waals surface area (Å²) >= 11 is 0. The van der Waals surface area contributed by atoms with Crippen LogP contribution in [-0.2, 0) is 17.6 Å². The molecular formula is C13H14N2O2. The Morgan fingerprint density at radius 2 is 2.29 bits per heavy atom. The van der Waals surface area contributed by atoms with Gasteiger partial charge >= 0.3 is 0 Å². The second-order valence-corrected chi connectivity index (χ2v) is 4.61. The van der Waals surface area contributed by atoms with Crippen molar-refractivity contribution in [2.75, 3.05) is 0 Å². The lowest BCUT2D eigenvalue weighted by Crippen LogP contribution is -2.38. The number of benzene rings is 1. The molecule has 0 saturated heterocycles. The standard InChI is InChI=1S/C13H14N2O2/c1-7(16)15-9-4-8-6-14-11-2-3-12(17)10(5-9)13(8)11/h2-3,6,9,14,17H,4-5H2,1H3,(H,15,16). The van der Waals surface area contributed by atoms with Crippen LogP contribution in [-0.4, -0.2) is 22.0 Å². The molecule has 3 N–H and O–H groups in total. The van der Waals surface area contributed by atoms with E-state index in [1.54, 1.807) is 6.07 Å². The summed E-state index contributed by atoms with van der Waals surface area (Å²) in [6.07, 6.45) is 3.46. The second kappa shape index (κ2) is 3.52. The van der Waals surface area contributed by atoms with Crippen molar-refractivity contribution in [1.82, 2.24) is 10.3 Å². The minimum Gasteiger partial charge on any atom is -0.508 e. The van der Waals surface area contributed by atoms with Gasteiger partial charge in [-0.15, -0.1) is 0 Å². The fourth-order valence-electron chi connectivity index (χ4n) is 2.70. The van der Waals surface area contributed by atoms with Crippen molar-refractivity contribution in [1.29, 1.82) is 0 Å². The molecule has 2 aromatic rings. The number of hydrogen-bond acceptors (Lipinski definition) is 2. The highest BCUT2D eigenvalue weighted by atomic mass is 16.3. The summed E-state index contributed by atoms with van der Waals surface area (Å²) in [5.74, 6) is 0.286. The number of phenolic OH excluding ortho intramolecular Hbond substituents is 1. The number of rotatable bonds is 1. The third kappa shape index (κ3) is 1.56. The van der Waals surface area contributed by atoms with E-state index in [1.807, 2.05) is 12.3 Å². The monoisotopic (exact) mass is 230 g/mol. The average molecular weight is 230 g/mol. The van der Waals surface area contributed by atoms with Crippen LogP contribution in [0.4, 0.5) is 0 Å². The van der Waals surface area contributed by atoms with E-state index >= 15 is 0 Å². The van der Waals surface area contributed by atoms with Crippen LogP contribution in [0.5, 0.6) is 5.75 Å². The lowest BCUT2D eigenvalue weighted by Gasteiger charge is -2.23. The maximum atomic E-state index is 11.1. The average Bonchev–Trinajstić information content (AvgIpc) is 2.67. The van der Waals surface area contributed by atoms with Gasteiger partial charge in [0.15, 0.2) is 0 Å². The van der Waals surface area contributed by atoms with Crippen molar-refractivity contribution in [3.8, 4) is 5.75 Å². The Bertz CT molecular complexity index is 601. The zero-order valence-electron chi connectivity index (χ0n) is 9.58. The second-order valence-electron chi connectivity index (χ2n) is 4.61. The molecule has 0 spiro atoms. The van der Waals surface area contributed by atoms with E-state index in [0.717, 1.165) is 28.5 Å². The molecule has 4 heteroatoms. The van der Waals surface area contributed by atoms with Gasteiger partial charge in [0.2, 0.25) is 5.91 Å². The van der Waals surface area contributed by atoms with Crippen LogP contribution in [0.3, 0.4) is 0 Å². The first-order valence-corrected chi connectivity index (χ1v) is 5.73. The van der Waals surface area contributed by atoms with E-state index in [4.69, 9.17) is 0 Å². The lowest BCUT2D eigenvalue weighted by molar-refractivity contribution is -0.119. The number of hydrogen-bond donors (Lipinski definition) is 3. The van der Waals surface area contributed by atoms with Crippen LogP contribution in [0.25, 0.3) is 10.9 Å². The van der Waals surface area contributed by atoms with E-state index in [0.29, 0.717) is 12.2 Å². The molecule has 1 aromatic carbocycles. The van der Waals surface area contributed by atoms with E-state index in [9.17, 15) is 9.90 Å². The Hall–Kier alpha value is -1.97. The third-order valence-electron chi connectivity index (χ3n) is 3.34. The van der Waals surface area contributed by atoms with Crippen LogP contribution < -0.4 is 5.32 Å². The summed E-state index contributed by atoms with van der Waals surface area (Å²) in [4.78, 5) is 14.3. The maximum Gasteiger partial charge on any atom is 0.217 e. The Kier molecular flexibility index (Phi) is 2.11. The molecular weight excluding hydrogens is 216 g/mol. The van der Waals surface area contributed by atoms with E-state index in [2.05, 4.69) is 10.3 Å². The van der Waals surface area contributed by atoms with Crippen LogP contribution in [0.1, 0.15) is 18.1 Å². The summed E-state index contributed by atoms with van der Waals surface area (Å²) in [5, 5.41) is 13.9. The lowest BCUT2D eigenvalue weighted by atomic mass is 9.88. The summed E-state index contributed by atoms with van der Waals surface area (Å²) in [6, 6.07) is 3.66. The zero-order chi connectivity index (χ0) is 12.0. The van der Waals surface area contributed by atoms with E-state index in [1.165, 1.54) is 6.92 Å². The molecule has 1 aromatic heterocycles. The minimum atomic E-state index is -0.0272. The third-order valence-corrected chi connectivity index (χ3v) is 3.34. The van der Waals surface area contributed by atoms with E-state index < -0.39 is 0 Å². The van der Waals surface area contributed by atoms with Gasteiger partial charge in [0.1, 0.15) is 5.75 Å². The van der Waals surface area contributed by atoms with Crippen LogP contribution in [0.15, 0.2) is 18.3 Å². The number of aromatic hydroxyl groups is 1. The predicted octanol–water partition coefficient (Wildman–Crippen LogP) is 1.48. The number of aromatic amines is 1. The number of H-pyrrole nitrogens is 1. The number of carbonyl (C=O) groups is 1. The molecule has 1 unspecified atom stereocenters. The molecule has 17 heavy (non-hydrogen) atoms. The van der Waals surface area contributed by atoms with Crippen molar-refractivity contribution in [2.45, 2.75) is 25.8 Å². The van der Waals surface area contributed by atoms with Crippen LogP contribution in [0.2, 0.25) is 0 Å². The van der Waals surface area contributed by atoms with Gasteiger partial charge in [-0.05, 0) is 30.5 Å². The van der Waals surface area contributed by atoms with Crippen LogP contribution in [0, 0.1) is 0 Å². The number of aromatic nitrogens is 1. The molecule has 1 aliphatic rings. The molecule has 1 heterocycles. The Morgan fingerprint density at radius 1 is 1.47 bits per heavy atom. The van der Waals surface area contributed by atoms with Crippen LogP contribution >= 0.6 is 0 Å². The fourth-order valence-corrected chi connectivity index (χ4v) is 2.70. The van der Waals surface area contributed by atoms with Crippen molar-refractivity contribution in [3.63, 3.8) is 0 Å². The Morgan fingerprint density at radius 3 is 3.06 bits per heavy atom. The fraction of sp³-hybridized carbons (Fsp3) is 0.308. The molecule has 88 valence electrons. The number of carbonyl (C=O) groups excluding carboxylic acids is 1. The first kappa shape index (κ1) is 10.2. The normalized spacial score (nSPS) is 18.3. The SMILES string of the molecule is CC(=O)NC1Cc2c[nH]c3ccc(O)c(c23)C1. The number of amides is 1. The summed E-state index contributed by atoms with van der Waals surface area (Å²) in [7, 11) is 0. The molecule has 1 amide bonds. The van der Waals surface area contributed by atoms with Crippen molar-refractivity contribution >= 4 is 16.8 Å². The summed E-state index contributed by atoms with van der Waals surface area (Å²) in [6.45, 7) is 1.52. The highest BCUT2D eigenvalue weighted by molar-refractivity contribution is 5.89. The van der Waals surface area contributed by atoms with Gasteiger partial charge in [0, 0.05) is 35.6 Å². The zero-order valence-corrected chi connectivity index (χ0v) is 9.58. The Balaban J connectivity index is 2.09. The molecule has 0 saturated carbocycles. The Labute approximate surface area is 98.6 Å².